The third kappa shape index (κ3) is 3.42. The fourth-order valence-electron chi connectivity index (χ4n) is 2.19. The maximum atomic E-state index is 12.4. The van der Waals surface area contributed by atoms with Crippen molar-refractivity contribution in [3.05, 3.63) is 68.0 Å². The van der Waals surface area contributed by atoms with Gasteiger partial charge < -0.3 is 0 Å². The van der Waals surface area contributed by atoms with Crippen LogP contribution >= 0.6 is 46.1 Å². The summed E-state index contributed by atoms with van der Waals surface area (Å²) >= 11 is 19.6. The van der Waals surface area contributed by atoms with E-state index in [1.165, 1.54) is 11.3 Å². The van der Waals surface area contributed by atoms with Crippen LogP contribution in [0.1, 0.15) is 22.2 Å². The zero-order valence-electron chi connectivity index (χ0n) is 12.4. The molecule has 1 aromatic heterocycles. The number of hydrogen-bond donors (Lipinski definition) is 1. The van der Waals surface area contributed by atoms with Crippen LogP contribution in [0.5, 0.6) is 0 Å². The summed E-state index contributed by atoms with van der Waals surface area (Å²) in [7, 11) is 0. The molecule has 122 valence electrons. The Labute approximate surface area is 157 Å². The maximum Gasteiger partial charge on any atom is 0.283 e. The Morgan fingerprint density at radius 2 is 1.88 bits per heavy atom. The number of nitrogens with one attached hydrogen (secondary N) is 1. The molecule has 0 spiro atoms. The van der Waals surface area contributed by atoms with Gasteiger partial charge in [0, 0.05) is 20.7 Å². The number of carbonyl (C=O) groups excluding carboxylic acids is 1. The van der Waals surface area contributed by atoms with Crippen LogP contribution in [0, 0.1) is 0 Å². The van der Waals surface area contributed by atoms with Crippen LogP contribution in [-0.2, 0) is 0 Å². The van der Waals surface area contributed by atoms with Gasteiger partial charge in [0.15, 0.2) is 0 Å². The molecule has 24 heavy (non-hydrogen) atoms. The number of carbonyl (C=O) groups is 1. The van der Waals surface area contributed by atoms with Gasteiger partial charge in [-0.1, -0.05) is 59.1 Å². The summed E-state index contributed by atoms with van der Waals surface area (Å²) in [6.07, 6.45) is 0. The molecule has 1 N–H and O–H groups in total. The summed E-state index contributed by atoms with van der Waals surface area (Å²) in [5.74, 6) is -0.356. The van der Waals surface area contributed by atoms with E-state index in [0.29, 0.717) is 31.2 Å². The lowest BCUT2D eigenvalue weighted by molar-refractivity contribution is 0.0959. The number of halogens is 3. The Bertz CT molecular complexity index is 966. The second-order valence-corrected chi connectivity index (χ2v) is 7.28. The van der Waals surface area contributed by atoms with E-state index < -0.39 is 0 Å². The maximum absolute atomic E-state index is 12.4. The number of hydrazone groups is 1. The number of nitrogens with zero attached hydrogens (tertiary/aromatic N) is 1. The van der Waals surface area contributed by atoms with Gasteiger partial charge in [0.1, 0.15) is 4.88 Å². The second kappa shape index (κ2) is 7.11. The summed E-state index contributed by atoms with van der Waals surface area (Å²) in [4.78, 5) is 12.8. The highest BCUT2D eigenvalue weighted by atomic mass is 35.5. The normalized spacial score (nSPS) is 11.8. The summed E-state index contributed by atoms with van der Waals surface area (Å²) in [6, 6.07) is 12.7. The largest absolute Gasteiger partial charge is 0.283 e. The van der Waals surface area contributed by atoms with Crippen molar-refractivity contribution in [1.82, 2.24) is 5.43 Å². The van der Waals surface area contributed by atoms with E-state index in [1.807, 2.05) is 24.3 Å². The van der Waals surface area contributed by atoms with Crippen LogP contribution in [0.25, 0.3) is 10.1 Å². The van der Waals surface area contributed by atoms with Crippen molar-refractivity contribution >= 4 is 67.8 Å². The summed E-state index contributed by atoms with van der Waals surface area (Å²) < 4.78 is 0.953. The van der Waals surface area contributed by atoms with Crippen molar-refractivity contribution in [3.8, 4) is 0 Å². The molecule has 7 heteroatoms. The fourth-order valence-corrected chi connectivity index (χ4v) is 4.14. The Kier molecular flexibility index (Phi) is 5.11. The highest BCUT2D eigenvalue weighted by molar-refractivity contribution is 7.21. The van der Waals surface area contributed by atoms with Gasteiger partial charge in [-0.2, -0.15) is 5.10 Å². The molecule has 1 heterocycles. The Morgan fingerprint density at radius 3 is 2.58 bits per heavy atom. The lowest BCUT2D eigenvalue weighted by Crippen LogP contribution is -2.18. The average Bonchev–Trinajstić information content (AvgIpc) is 2.90. The number of thiophene rings is 1. The van der Waals surface area contributed by atoms with Crippen molar-refractivity contribution in [2.75, 3.05) is 0 Å². The van der Waals surface area contributed by atoms with Crippen LogP contribution in [0.3, 0.4) is 0 Å². The Hall–Kier alpha value is -1.59. The van der Waals surface area contributed by atoms with Gasteiger partial charge in [-0.05, 0) is 25.1 Å². The number of hydrogen-bond acceptors (Lipinski definition) is 3. The first kappa shape index (κ1) is 17.2. The predicted octanol–water partition coefficient (Wildman–Crippen LogP) is 6.02. The van der Waals surface area contributed by atoms with E-state index in [2.05, 4.69) is 10.5 Å². The summed E-state index contributed by atoms with van der Waals surface area (Å²) in [5, 5.41) is 6.41. The van der Waals surface area contributed by atoms with Gasteiger partial charge in [-0.3, -0.25) is 4.79 Å². The van der Waals surface area contributed by atoms with E-state index >= 15 is 0 Å². The number of rotatable bonds is 3. The van der Waals surface area contributed by atoms with Crippen LogP contribution in [0.4, 0.5) is 0 Å². The van der Waals surface area contributed by atoms with E-state index in [1.54, 1.807) is 25.1 Å². The SMILES string of the molecule is CC(=NNC(=O)c1sc2ccccc2c1Cl)c1ccc(Cl)cc1Cl. The molecule has 1 amide bonds. The van der Waals surface area contributed by atoms with Crippen LogP contribution < -0.4 is 5.43 Å². The molecule has 0 unspecified atom stereocenters. The first-order chi connectivity index (χ1) is 11.5. The average molecular weight is 398 g/mol. The minimum absolute atomic E-state index is 0.356. The number of benzene rings is 2. The van der Waals surface area contributed by atoms with Crippen molar-refractivity contribution < 1.29 is 4.79 Å². The molecule has 0 saturated carbocycles. The van der Waals surface area contributed by atoms with Gasteiger partial charge in [-0.15, -0.1) is 11.3 Å². The predicted molar refractivity (Wildman–Crippen MR) is 103 cm³/mol. The highest BCUT2D eigenvalue weighted by Gasteiger charge is 2.16. The molecule has 0 aliphatic rings. The molecule has 0 atom stereocenters. The molecule has 3 nitrogen and oxygen atoms in total. The Morgan fingerprint density at radius 1 is 1.12 bits per heavy atom. The topological polar surface area (TPSA) is 41.5 Å². The van der Waals surface area contributed by atoms with Gasteiger partial charge in [-0.25, -0.2) is 5.43 Å². The molecule has 0 aliphatic carbocycles. The molecule has 0 fully saturated rings. The zero-order valence-corrected chi connectivity index (χ0v) is 15.5. The summed E-state index contributed by atoms with van der Waals surface area (Å²) in [5.41, 5.74) is 3.79. The monoisotopic (exact) mass is 396 g/mol. The van der Waals surface area contributed by atoms with Gasteiger partial charge >= 0.3 is 0 Å². The molecule has 0 bridgehead atoms. The van der Waals surface area contributed by atoms with Crippen molar-refractivity contribution in [2.24, 2.45) is 5.10 Å². The number of fused-ring (bicyclic) bond motifs is 1. The van der Waals surface area contributed by atoms with Crippen molar-refractivity contribution in [1.29, 1.82) is 0 Å². The molecule has 0 saturated heterocycles. The zero-order chi connectivity index (χ0) is 17.3. The van der Waals surface area contributed by atoms with Crippen LogP contribution in [-0.4, -0.2) is 11.6 Å². The van der Waals surface area contributed by atoms with Crippen molar-refractivity contribution in [2.45, 2.75) is 6.92 Å². The minimum atomic E-state index is -0.356. The van der Waals surface area contributed by atoms with Gasteiger partial charge in [0.2, 0.25) is 0 Å². The Balaban J connectivity index is 1.84. The summed E-state index contributed by atoms with van der Waals surface area (Å²) in [6.45, 7) is 1.75. The quantitative estimate of drug-likeness (QED) is 0.426. The first-order valence-electron chi connectivity index (χ1n) is 6.94. The van der Waals surface area contributed by atoms with Gasteiger partial charge in [0.05, 0.1) is 15.8 Å². The van der Waals surface area contributed by atoms with Crippen molar-refractivity contribution in [3.63, 3.8) is 0 Å². The smallest absolute Gasteiger partial charge is 0.266 e. The second-order valence-electron chi connectivity index (χ2n) is 5.00. The van der Waals surface area contributed by atoms with E-state index in [0.717, 1.165) is 10.1 Å². The third-order valence-corrected chi connectivity index (χ3v) is 5.61. The van der Waals surface area contributed by atoms with E-state index in [-0.39, 0.29) is 5.91 Å². The molecular formula is C17H11Cl3N2OS. The molecule has 2 aromatic carbocycles. The molecule has 3 rings (SSSR count). The molecule has 0 radical (unpaired) electrons. The number of amides is 1. The van der Waals surface area contributed by atoms with Crippen LogP contribution in [0.15, 0.2) is 47.6 Å². The van der Waals surface area contributed by atoms with Gasteiger partial charge in [0.25, 0.3) is 5.91 Å². The molecular weight excluding hydrogens is 387 g/mol. The first-order valence-corrected chi connectivity index (χ1v) is 8.89. The minimum Gasteiger partial charge on any atom is -0.266 e. The lowest BCUT2D eigenvalue weighted by atomic mass is 10.1. The fraction of sp³-hybridized carbons (Fsp3) is 0.0588. The molecule has 3 aromatic rings. The molecule has 0 aliphatic heterocycles. The van der Waals surface area contributed by atoms with Crippen LogP contribution in [0.2, 0.25) is 15.1 Å². The lowest BCUT2D eigenvalue weighted by Gasteiger charge is -2.05. The van der Waals surface area contributed by atoms with E-state index in [9.17, 15) is 4.79 Å². The standard InChI is InChI=1S/C17H11Cl3N2OS/c1-9(11-7-6-10(18)8-13(11)19)21-22-17(23)16-15(20)12-4-2-3-5-14(12)24-16/h2-8H,1H3,(H,22,23). The third-order valence-electron chi connectivity index (χ3n) is 3.39. The highest BCUT2D eigenvalue weighted by Crippen LogP contribution is 2.35. The van der Waals surface area contributed by atoms with E-state index in [4.69, 9.17) is 34.8 Å².